The predicted octanol–water partition coefficient (Wildman–Crippen LogP) is 5.89. The zero-order valence-electron chi connectivity index (χ0n) is 23.8. The number of benzene rings is 2. The lowest BCUT2D eigenvalue weighted by atomic mass is 9.99. The lowest BCUT2D eigenvalue weighted by Crippen LogP contribution is -2.31. The molecule has 2 aromatic carbocycles. The summed E-state index contributed by atoms with van der Waals surface area (Å²) in [4.78, 5) is 25.6. The van der Waals surface area contributed by atoms with Gasteiger partial charge >= 0.3 is 5.63 Å². The summed E-state index contributed by atoms with van der Waals surface area (Å²) in [5.74, 6) is -0.00537. The summed E-state index contributed by atoms with van der Waals surface area (Å²) in [6.07, 6.45) is 5.00. The van der Waals surface area contributed by atoms with Gasteiger partial charge in [0.2, 0.25) is 10.0 Å². The van der Waals surface area contributed by atoms with E-state index in [1.807, 2.05) is 13.0 Å². The second-order valence-corrected chi connectivity index (χ2v) is 11.7. The van der Waals surface area contributed by atoms with E-state index in [9.17, 15) is 18.0 Å². The second kappa shape index (κ2) is 13.3. The second-order valence-electron chi connectivity index (χ2n) is 9.78. The van der Waals surface area contributed by atoms with Crippen molar-refractivity contribution < 1.29 is 22.4 Å². The molecule has 0 spiro atoms. The van der Waals surface area contributed by atoms with Gasteiger partial charge in [-0.3, -0.25) is 4.79 Å². The molecule has 1 heterocycles. The Kier molecular flexibility index (Phi) is 10.3. The molecule has 0 unspecified atom stereocenters. The third kappa shape index (κ3) is 6.89. The molecule has 8 nitrogen and oxygen atoms in total. The van der Waals surface area contributed by atoms with Gasteiger partial charge in [0.15, 0.2) is 6.61 Å². The zero-order valence-corrected chi connectivity index (χ0v) is 24.7. The molecule has 0 saturated heterocycles. The average molecular weight is 557 g/mol. The Morgan fingerprint density at radius 1 is 0.974 bits per heavy atom. The van der Waals surface area contributed by atoms with Crippen LogP contribution in [0, 0.1) is 20.8 Å². The molecule has 0 aliphatic carbocycles. The molecular formula is C30H40N2O6S. The molecule has 0 aliphatic heterocycles. The van der Waals surface area contributed by atoms with Crippen LogP contribution in [0.15, 0.2) is 44.4 Å². The Morgan fingerprint density at radius 3 is 2.36 bits per heavy atom. The van der Waals surface area contributed by atoms with Crippen molar-refractivity contribution in [2.45, 2.75) is 78.5 Å². The van der Waals surface area contributed by atoms with Gasteiger partial charge in [-0.15, -0.1) is 0 Å². The number of unbranched alkanes of at least 4 members (excludes halogenated alkanes) is 3. The van der Waals surface area contributed by atoms with Crippen molar-refractivity contribution in [2.24, 2.45) is 0 Å². The highest BCUT2D eigenvalue weighted by molar-refractivity contribution is 7.89. The molecule has 3 rings (SSSR count). The number of carbonyl (C=O) groups excluding carboxylic acids is 1. The molecule has 1 aromatic heterocycles. The summed E-state index contributed by atoms with van der Waals surface area (Å²) in [6, 6.07) is 8.43. The maximum Gasteiger partial charge on any atom is 0.339 e. The van der Waals surface area contributed by atoms with Gasteiger partial charge in [0.05, 0.1) is 4.90 Å². The minimum absolute atomic E-state index is 0.158. The topological polar surface area (TPSA) is 106 Å². The first-order valence-corrected chi connectivity index (χ1v) is 15.1. The molecule has 9 heteroatoms. The minimum Gasteiger partial charge on any atom is -0.483 e. The lowest BCUT2D eigenvalue weighted by molar-refractivity contribution is -0.118. The molecule has 3 aromatic rings. The quantitative estimate of drug-likeness (QED) is 0.208. The molecule has 0 aliphatic rings. The van der Waals surface area contributed by atoms with Gasteiger partial charge in [0, 0.05) is 35.3 Å². The average Bonchev–Trinajstić information content (AvgIpc) is 2.89. The number of hydrogen-bond donors (Lipinski definition) is 1. The van der Waals surface area contributed by atoms with E-state index < -0.39 is 15.9 Å². The minimum atomic E-state index is -3.68. The summed E-state index contributed by atoms with van der Waals surface area (Å²) in [7, 11) is -3.68. The van der Waals surface area contributed by atoms with E-state index in [1.165, 1.54) is 10.4 Å². The first-order valence-electron chi connectivity index (χ1n) is 13.6. The number of aryl methyl sites for hydroxylation is 3. The van der Waals surface area contributed by atoms with E-state index >= 15 is 0 Å². The van der Waals surface area contributed by atoms with Crippen molar-refractivity contribution in [1.82, 2.24) is 4.31 Å². The highest BCUT2D eigenvalue weighted by Crippen LogP contribution is 2.30. The van der Waals surface area contributed by atoms with Crippen LogP contribution in [-0.2, 0) is 21.2 Å². The fourth-order valence-electron chi connectivity index (χ4n) is 4.74. The zero-order chi connectivity index (χ0) is 28.7. The monoisotopic (exact) mass is 556 g/mol. The molecule has 1 amide bonds. The summed E-state index contributed by atoms with van der Waals surface area (Å²) in [6.45, 7) is 11.6. The molecule has 0 radical (unpaired) electrons. The molecule has 0 atom stereocenters. The van der Waals surface area contributed by atoms with E-state index in [0.717, 1.165) is 36.6 Å². The van der Waals surface area contributed by atoms with Gasteiger partial charge in [-0.05, 0) is 69.0 Å². The Labute approximate surface area is 231 Å². The molecule has 1 N–H and O–H groups in total. The lowest BCUT2D eigenvalue weighted by Gasteiger charge is -2.20. The van der Waals surface area contributed by atoms with Crippen molar-refractivity contribution >= 4 is 32.6 Å². The molecule has 0 fully saturated rings. The standard InChI is InChI=1S/C30H40N2O6S/c1-7-10-11-12-13-25-21(5)24-16-17-26(22(6)29(24)38-30(25)34)37-19-28(33)31-23-15-14-20(4)27(18-23)39(35,36)32(8-2)9-3/h14-18H,7-13,19H2,1-6H3,(H,31,33). The number of nitrogens with one attached hydrogen (secondary N) is 1. The first kappa shape index (κ1) is 30.4. The third-order valence-electron chi connectivity index (χ3n) is 7.09. The van der Waals surface area contributed by atoms with E-state index in [2.05, 4.69) is 12.2 Å². The normalized spacial score (nSPS) is 11.8. The number of ether oxygens (including phenoxy) is 1. The smallest absolute Gasteiger partial charge is 0.339 e. The van der Waals surface area contributed by atoms with Gasteiger partial charge in [0.25, 0.3) is 5.91 Å². The number of rotatable bonds is 13. The van der Waals surface area contributed by atoms with Crippen LogP contribution in [0.2, 0.25) is 0 Å². The van der Waals surface area contributed by atoms with Crippen LogP contribution in [-0.4, -0.2) is 38.3 Å². The summed E-state index contributed by atoms with van der Waals surface area (Å²) < 4.78 is 38.9. The predicted molar refractivity (Wildman–Crippen MR) is 155 cm³/mol. The highest BCUT2D eigenvalue weighted by atomic mass is 32.2. The molecule has 39 heavy (non-hydrogen) atoms. The van der Waals surface area contributed by atoms with Crippen LogP contribution in [0.3, 0.4) is 0 Å². The van der Waals surface area contributed by atoms with E-state index in [-0.39, 0.29) is 17.1 Å². The number of carbonyl (C=O) groups is 1. The van der Waals surface area contributed by atoms with Crippen molar-refractivity contribution in [3.63, 3.8) is 0 Å². The number of anilines is 1. The fourth-order valence-corrected chi connectivity index (χ4v) is 6.45. The van der Waals surface area contributed by atoms with Gasteiger partial charge in [-0.1, -0.05) is 46.1 Å². The number of nitrogens with zero attached hydrogens (tertiary/aromatic N) is 1. The van der Waals surface area contributed by atoms with Crippen LogP contribution in [0.1, 0.15) is 68.7 Å². The SMILES string of the molecule is CCCCCCc1c(C)c2ccc(OCC(=O)Nc3ccc(C)c(S(=O)(=O)N(CC)CC)c3)c(C)c2oc1=O. The van der Waals surface area contributed by atoms with Crippen LogP contribution in [0.25, 0.3) is 11.0 Å². The van der Waals surface area contributed by atoms with E-state index in [4.69, 9.17) is 9.15 Å². The number of amides is 1. The van der Waals surface area contributed by atoms with Crippen LogP contribution in [0.5, 0.6) is 5.75 Å². The van der Waals surface area contributed by atoms with Crippen molar-refractivity contribution in [3.05, 3.63) is 63.0 Å². The summed E-state index contributed by atoms with van der Waals surface area (Å²) >= 11 is 0. The van der Waals surface area contributed by atoms with Crippen LogP contribution in [0.4, 0.5) is 5.69 Å². The number of hydrogen-bond acceptors (Lipinski definition) is 6. The highest BCUT2D eigenvalue weighted by Gasteiger charge is 2.24. The van der Waals surface area contributed by atoms with E-state index in [0.29, 0.717) is 53.2 Å². The van der Waals surface area contributed by atoms with Gasteiger partial charge < -0.3 is 14.5 Å². The Morgan fingerprint density at radius 2 is 1.69 bits per heavy atom. The Hall–Kier alpha value is -3.17. The molecule has 0 saturated carbocycles. The Bertz CT molecular complexity index is 1490. The van der Waals surface area contributed by atoms with Crippen molar-refractivity contribution in [3.8, 4) is 5.75 Å². The van der Waals surface area contributed by atoms with Gasteiger partial charge in [-0.2, -0.15) is 4.31 Å². The summed E-state index contributed by atoms with van der Waals surface area (Å²) in [5, 5.41) is 3.57. The maximum absolute atomic E-state index is 13.0. The third-order valence-corrected chi connectivity index (χ3v) is 9.28. The van der Waals surface area contributed by atoms with E-state index in [1.54, 1.807) is 45.9 Å². The largest absolute Gasteiger partial charge is 0.483 e. The summed E-state index contributed by atoms with van der Waals surface area (Å²) in [5.41, 5.74) is 3.36. The van der Waals surface area contributed by atoms with Crippen LogP contribution < -0.4 is 15.7 Å². The first-order chi connectivity index (χ1) is 18.5. The van der Waals surface area contributed by atoms with Crippen molar-refractivity contribution in [2.75, 3.05) is 25.0 Å². The van der Waals surface area contributed by atoms with Gasteiger partial charge in [0.1, 0.15) is 11.3 Å². The maximum atomic E-state index is 13.0. The molecule has 212 valence electrons. The number of fused-ring (bicyclic) bond motifs is 1. The van der Waals surface area contributed by atoms with Crippen molar-refractivity contribution in [1.29, 1.82) is 0 Å². The fraction of sp³-hybridized carbons (Fsp3) is 0.467. The van der Waals surface area contributed by atoms with Gasteiger partial charge in [-0.25, -0.2) is 13.2 Å². The Balaban J connectivity index is 1.75. The number of sulfonamides is 1. The molecular weight excluding hydrogens is 516 g/mol. The molecule has 0 bridgehead atoms. The van der Waals surface area contributed by atoms with Crippen LogP contribution >= 0.6 is 0 Å².